The molecule has 1 unspecified atom stereocenters. The average molecular weight is 464 g/mol. The molecule has 8 nitrogen and oxygen atoms in total. The van der Waals surface area contributed by atoms with Crippen molar-refractivity contribution in [1.29, 1.82) is 0 Å². The van der Waals surface area contributed by atoms with Gasteiger partial charge < -0.3 is 19.4 Å². The number of halogens is 2. The van der Waals surface area contributed by atoms with Gasteiger partial charge in [-0.15, -0.1) is 10.2 Å². The van der Waals surface area contributed by atoms with E-state index in [0.717, 1.165) is 37.6 Å². The van der Waals surface area contributed by atoms with E-state index in [9.17, 15) is 13.6 Å². The van der Waals surface area contributed by atoms with Crippen molar-refractivity contribution in [2.24, 2.45) is 0 Å². The average Bonchev–Trinajstić information content (AvgIpc) is 3.52. The number of aromatic nitrogens is 3. The first-order valence-electron chi connectivity index (χ1n) is 10.2. The highest BCUT2D eigenvalue weighted by atomic mass is 32.2. The summed E-state index contributed by atoms with van der Waals surface area (Å²) >= 11 is 1.30. The number of nitrogens with one attached hydrogen (secondary N) is 1. The Morgan fingerprint density at radius 1 is 1.22 bits per heavy atom. The molecule has 0 aliphatic carbocycles. The first-order valence-corrected chi connectivity index (χ1v) is 11.1. The fraction of sp³-hybridized carbons (Fsp3) is 0.381. The lowest BCUT2D eigenvalue weighted by Crippen LogP contribution is -2.24. The highest BCUT2D eigenvalue weighted by molar-refractivity contribution is 8.00. The van der Waals surface area contributed by atoms with Crippen LogP contribution in [0.1, 0.15) is 25.5 Å². The second kappa shape index (κ2) is 10.0. The zero-order valence-electron chi connectivity index (χ0n) is 17.4. The van der Waals surface area contributed by atoms with Gasteiger partial charge >= 0.3 is 6.61 Å². The molecule has 0 bridgehead atoms. The standard InChI is InChI=1S/C21H23F2N5O3S/c1-14(18(29)24-15-6-8-16(9-7-15)31-19(22)23)32-21-26-25-20(27-10-2-3-11-27)28(21)13-17-5-4-12-30-17/h4-9,12,14,19H,2-3,10-11,13H2,1H3,(H,24,29). The molecule has 1 atom stereocenters. The fourth-order valence-corrected chi connectivity index (χ4v) is 4.23. The highest BCUT2D eigenvalue weighted by Crippen LogP contribution is 2.29. The molecular weight excluding hydrogens is 440 g/mol. The smallest absolute Gasteiger partial charge is 0.387 e. The Labute approximate surface area is 187 Å². The monoisotopic (exact) mass is 463 g/mol. The number of hydrogen-bond donors (Lipinski definition) is 1. The Kier molecular flexibility index (Phi) is 6.93. The van der Waals surface area contributed by atoms with Gasteiger partial charge in [0.05, 0.1) is 18.1 Å². The predicted molar refractivity (Wildman–Crippen MR) is 116 cm³/mol. The van der Waals surface area contributed by atoms with Gasteiger partial charge in [0.2, 0.25) is 11.9 Å². The van der Waals surface area contributed by atoms with E-state index in [1.54, 1.807) is 13.2 Å². The highest BCUT2D eigenvalue weighted by Gasteiger charge is 2.25. The molecule has 1 fully saturated rings. The lowest BCUT2D eigenvalue weighted by atomic mass is 10.3. The molecule has 4 rings (SSSR count). The SMILES string of the molecule is CC(Sc1nnc(N2CCCC2)n1Cc1ccco1)C(=O)Nc1ccc(OC(F)F)cc1. The summed E-state index contributed by atoms with van der Waals surface area (Å²) in [5.74, 6) is 1.33. The molecule has 32 heavy (non-hydrogen) atoms. The van der Waals surface area contributed by atoms with Gasteiger partial charge in [-0.05, 0) is 56.2 Å². The molecule has 0 radical (unpaired) electrons. The molecule has 2 aromatic heterocycles. The quantitative estimate of drug-likeness (QED) is 0.475. The van der Waals surface area contributed by atoms with E-state index in [0.29, 0.717) is 17.4 Å². The molecule has 1 aliphatic rings. The van der Waals surface area contributed by atoms with Crippen molar-refractivity contribution < 1.29 is 22.7 Å². The third-order valence-electron chi connectivity index (χ3n) is 4.98. The van der Waals surface area contributed by atoms with Crippen LogP contribution in [0.2, 0.25) is 0 Å². The van der Waals surface area contributed by atoms with E-state index in [-0.39, 0.29) is 11.7 Å². The Morgan fingerprint density at radius 3 is 2.62 bits per heavy atom. The van der Waals surface area contributed by atoms with Crippen LogP contribution in [-0.2, 0) is 11.3 Å². The minimum absolute atomic E-state index is 0.0286. The van der Waals surface area contributed by atoms with Crippen LogP contribution in [0.5, 0.6) is 5.75 Å². The Morgan fingerprint density at radius 2 is 1.97 bits per heavy atom. The summed E-state index contributed by atoms with van der Waals surface area (Å²) < 4.78 is 36.4. The minimum Gasteiger partial charge on any atom is -0.467 e. The van der Waals surface area contributed by atoms with Crippen molar-refractivity contribution in [3.63, 3.8) is 0 Å². The molecule has 1 aliphatic heterocycles. The van der Waals surface area contributed by atoms with Gasteiger partial charge in [-0.2, -0.15) is 8.78 Å². The lowest BCUT2D eigenvalue weighted by Gasteiger charge is -2.18. The number of ether oxygens (including phenoxy) is 1. The number of benzene rings is 1. The van der Waals surface area contributed by atoms with Crippen LogP contribution in [0.15, 0.2) is 52.2 Å². The van der Waals surface area contributed by atoms with Crippen molar-refractivity contribution in [2.75, 3.05) is 23.3 Å². The Bertz CT molecular complexity index is 1020. The maximum Gasteiger partial charge on any atom is 0.387 e. The minimum atomic E-state index is -2.89. The van der Waals surface area contributed by atoms with Gasteiger partial charge in [-0.3, -0.25) is 9.36 Å². The first kappa shape index (κ1) is 22.1. The molecule has 3 heterocycles. The van der Waals surface area contributed by atoms with Crippen molar-refractivity contribution >= 4 is 29.3 Å². The fourth-order valence-electron chi connectivity index (χ4n) is 3.39. The predicted octanol–water partition coefficient (Wildman–Crippen LogP) is 4.24. The second-order valence-corrected chi connectivity index (χ2v) is 8.60. The number of rotatable bonds is 9. The van der Waals surface area contributed by atoms with E-state index >= 15 is 0 Å². The van der Waals surface area contributed by atoms with Crippen LogP contribution in [0.4, 0.5) is 20.4 Å². The van der Waals surface area contributed by atoms with Gasteiger partial charge in [0, 0.05) is 18.8 Å². The summed E-state index contributed by atoms with van der Waals surface area (Å²) in [6.07, 6.45) is 3.84. The van der Waals surface area contributed by atoms with E-state index < -0.39 is 11.9 Å². The largest absolute Gasteiger partial charge is 0.467 e. The zero-order chi connectivity index (χ0) is 22.5. The molecule has 0 spiro atoms. The maximum atomic E-state index is 12.7. The number of anilines is 2. The third-order valence-corrected chi connectivity index (χ3v) is 6.06. The molecule has 1 amide bonds. The van der Waals surface area contributed by atoms with Crippen molar-refractivity contribution in [2.45, 2.75) is 43.3 Å². The number of thioether (sulfide) groups is 1. The van der Waals surface area contributed by atoms with Gasteiger partial charge in [0.1, 0.15) is 11.5 Å². The normalized spacial score (nSPS) is 14.7. The summed E-state index contributed by atoms with van der Waals surface area (Å²) in [7, 11) is 0. The van der Waals surface area contributed by atoms with E-state index in [1.165, 1.54) is 36.0 Å². The number of alkyl halides is 2. The van der Waals surface area contributed by atoms with Gasteiger partial charge in [-0.25, -0.2) is 0 Å². The number of nitrogens with zero attached hydrogens (tertiary/aromatic N) is 4. The summed E-state index contributed by atoms with van der Waals surface area (Å²) in [5, 5.41) is 11.6. The van der Waals surface area contributed by atoms with Crippen molar-refractivity contribution in [3.8, 4) is 5.75 Å². The number of amides is 1. The maximum absolute atomic E-state index is 12.7. The number of carbonyl (C=O) groups is 1. The molecule has 0 saturated carbocycles. The number of hydrogen-bond acceptors (Lipinski definition) is 7. The van der Waals surface area contributed by atoms with Crippen molar-refractivity contribution in [1.82, 2.24) is 14.8 Å². The summed E-state index contributed by atoms with van der Waals surface area (Å²) in [6.45, 7) is 1.18. The Hall–Kier alpha value is -3.08. The van der Waals surface area contributed by atoms with Crippen LogP contribution in [0.3, 0.4) is 0 Å². The van der Waals surface area contributed by atoms with E-state index in [2.05, 4.69) is 25.2 Å². The molecule has 1 aromatic carbocycles. The van der Waals surface area contributed by atoms with Crippen molar-refractivity contribution in [3.05, 3.63) is 48.4 Å². The second-order valence-electron chi connectivity index (χ2n) is 7.29. The molecule has 1 N–H and O–H groups in total. The zero-order valence-corrected chi connectivity index (χ0v) is 18.2. The molecule has 11 heteroatoms. The van der Waals surface area contributed by atoms with E-state index in [4.69, 9.17) is 4.42 Å². The van der Waals surface area contributed by atoms with Crippen LogP contribution >= 0.6 is 11.8 Å². The van der Waals surface area contributed by atoms with Gasteiger partial charge in [-0.1, -0.05) is 11.8 Å². The topological polar surface area (TPSA) is 85.4 Å². The molecular formula is C21H23F2N5O3S. The first-order chi connectivity index (χ1) is 15.5. The van der Waals surface area contributed by atoms with Gasteiger partial charge in [0.25, 0.3) is 0 Å². The number of furan rings is 1. The summed E-state index contributed by atoms with van der Waals surface area (Å²) in [4.78, 5) is 14.9. The lowest BCUT2D eigenvalue weighted by molar-refractivity contribution is -0.115. The Balaban J connectivity index is 1.44. The number of carbonyl (C=O) groups excluding carboxylic acids is 1. The van der Waals surface area contributed by atoms with E-state index in [1.807, 2.05) is 16.7 Å². The van der Waals surface area contributed by atoms with Crippen LogP contribution < -0.4 is 15.0 Å². The molecule has 170 valence electrons. The van der Waals surface area contributed by atoms with Crippen LogP contribution in [0, 0.1) is 0 Å². The van der Waals surface area contributed by atoms with Gasteiger partial charge in [0.15, 0.2) is 5.16 Å². The molecule has 1 saturated heterocycles. The third kappa shape index (κ3) is 5.39. The van der Waals surface area contributed by atoms with Crippen LogP contribution in [-0.4, -0.2) is 45.6 Å². The molecule has 3 aromatic rings. The summed E-state index contributed by atoms with van der Waals surface area (Å²) in [6, 6.07) is 9.50. The van der Waals surface area contributed by atoms with Crippen LogP contribution in [0.25, 0.3) is 0 Å². The summed E-state index contributed by atoms with van der Waals surface area (Å²) in [5.41, 5.74) is 0.485.